The van der Waals surface area contributed by atoms with Crippen LogP contribution in [0.3, 0.4) is 0 Å². The molecule has 3 N–H and O–H groups in total. The molecule has 1 fully saturated rings. The molecule has 0 unspecified atom stereocenters. The van der Waals surface area contributed by atoms with Crippen LogP contribution in [0, 0.1) is 5.92 Å². The smallest absolute Gasteiger partial charge is 0.220 e. The summed E-state index contributed by atoms with van der Waals surface area (Å²) in [6.07, 6.45) is 1.97. The minimum Gasteiger partial charge on any atom is -0.374 e. The number of primary amides is 1. The lowest BCUT2D eigenvalue weighted by atomic mass is 10.0. The number of amides is 2. The zero-order valence-corrected chi connectivity index (χ0v) is 10.6. The first-order chi connectivity index (χ1) is 8.50. The van der Waals surface area contributed by atoms with Crippen molar-refractivity contribution in [3.63, 3.8) is 0 Å². The third kappa shape index (κ3) is 4.83. The van der Waals surface area contributed by atoms with Gasteiger partial charge in [-0.2, -0.15) is 0 Å². The minimum atomic E-state index is -0.455. The largest absolute Gasteiger partial charge is 0.374 e. The molecule has 1 heterocycles. The molecule has 6 heteroatoms. The van der Waals surface area contributed by atoms with Gasteiger partial charge in [-0.05, 0) is 19.3 Å². The molecule has 0 aromatic carbocycles. The van der Waals surface area contributed by atoms with E-state index in [9.17, 15) is 14.4 Å². The first-order valence-corrected chi connectivity index (χ1v) is 6.20. The number of nitrogens with two attached hydrogens (primary N) is 1. The molecule has 0 aromatic rings. The summed E-state index contributed by atoms with van der Waals surface area (Å²) in [5.74, 6) is -1.06. The van der Waals surface area contributed by atoms with Crippen LogP contribution in [0.4, 0.5) is 0 Å². The summed E-state index contributed by atoms with van der Waals surface area (Å²) in [7, 11) is 0. The summed E-state index contributed by atoms with van der Waals surface area (Å²) >= 11 is 0. The van der Waals surface area contributed by atoms with Crippen LogP contribution in [0.25, 0.3) is 0 Å². The second-order valence-electron chi connectivity index (χ2n) is 4.62. The zero-order valence-electron chi connectivity index (χ0n) is 10.6. The van der Waals surface area contributed by atoms with E-state index in [0.717, 1.165) is 6.42 Å². The maximum absolute atomic E-state index is 11.6. The Morgan fingerprint density at radius 3 is 2.94 bits per heavy atom. The van der Waals surface area contributed by atoms with E-state index in [4.69, 9.17) is 10.5 Å². The number of rotatable bonds is 5. The summed E-state index contributed by atoms with van der Waals surface area (Å²) < 4.78 is 5.09. The van der Waals surface area contributed by atoms with Gasteiger partial charge in [0.25, 0.3) is 0 Å². The number of nitrogens with one attached hydrogen (secondary N) is 1. The van der Waals surface area contributed by atoms with Crippen molar-refractivity contribution in [1.29, 1.82) is 0 Å². The highest BCUT2D eigenvalue weighted by Gasteiger charge is 2.23. The minimum absolute atomic E-state index is 0.0582. The Morgan fingerprint density at radius 1 is 1.56 bits per heavy atom. The number of hydrogen-bond acceptors (Lipinski definition) is 4. The highest BCUT2D eigenvalue weighted by molar-refractivity contribution is 5.90. The number of Topliss-reactive ketones (excluding diaryl/α,β-unsaturated/α-hetero) is 1. The number of carbonyl (C=O) groups excluding carboxylic acids is 3. The first kappa shape index (κ1) is 14.6. The predicted molar refractivity (Wildman–Crippen MR) is 64.6 cm³/mol. The first-order valence-electron chi connectivity index (χ1n) is 6.20. The molecule has 102 valence electrons. The number of ether oxygens (including phenoxy) is 1. The van der Waals surface area contributed by atoms with Crippen LogP contribution in [-0.4, -0.2) is 36.9 Å². The zero-order chi connectivity index (χ0) is 13.5. The second kappa shape index (κ2) is 7.10. The molecule has 1 rings (SSSR count). The van der Waals surface area contributed by atoms with E-state index in [1.165, 1.54) is 0 Å². The Labute approximate surface area is 106 Å². The van der Waals surface area contributed by atoms with Gasteiger partial charge in [-0.3, -0.25) is 14.4 Å². The summed E-state index contributed by atoms with van der Waals surface area (Å²) in [5, 5.41) is 2.68. The van der Waals surface area contributed by atoms with E-state index >= 15 is 0 Å². The molecule has 1 aliphatic heterocycles. The van der Waals surface area contributed by atoms with Gasteiger partial charge in [0, 0.05) is 18.9 Å². The Morgan fingerprint density at radius 2 is 2.28 bits per heavy atom. The van der Waals surface area contributed by atoms with Gasteiger partial charge in [0.15, 0.2) is 5.78 Å². The molecular formula is C12H20N2O4. The fourth-order valence-corrected chi connectivity index (χ4v) is 1.73. The van der Waals surface area contributed by atoms with E-state index in [0.29, 0.717) is 19.4 Å². The molecular weight excluding hydrogens is 236 g/mol. The van der Waals surface area contributed by atoms with E-state index in [2.05, 4.69) is 5.32 Å². The predicted octanol–water partition coefficient (Wildman–Crippen LogP) is -0.248. The van der Waals surface area contributed by atoms with Gasteiger partial charge in [-0.1, -0.05) is 6.92 Å². The normalized spacial score (nSPS) is 22.1. The molecule has 0 spiro atoms. The van der Waals surface area contributed by atoms with Crippen molar-refractivity contribution in [2.24, 2.45) is 11.7 Å². The van der Waals surface area contributed by atoms with E-state index in [-0.39, 0.29) is 30.6 Å². The quantitative estimate of drug-likeness (QED) is 0.708. The average molecular weight is 256 g/mol. The molecule has 0 bridgehead atoms. The van der Waals surface area contributed by atoms with E-state index in [1.807, 2.05) is 0 Å². The lowest BCUT2D eigenvalue weighted by Crippen LogP contribution is -2.41. The lowest BCUT2D eigenvalue weighted by Gasteiger charge is -2.15. The molecule has 18 heavy (non-hydrogen) atoms. The lowest BCUT2D eigenvalue weighted by molar-refractivity contribution is -0.129. The average Bonchev–Trinajstić information content (AvgIpc) is 2.52. The Kier molecular flexibility index (Phi) is 5.77. The van der Waals surface area contributed by atoms with Crippen LogP contribution < -0.4 is 11.1 Å². The van der Waals surface area contributed by atoms with Crippen molar-refractivity contribution in [1.82, 2.24) is 5.32 Å². The summed E-state index contributed by atoms with van der Waals surface area (Å²) in [6.45, 7) is 2.29. The van der Waals surface area contributed by atoms with Crippen molar-refractivity contribution < 1.29 is 19.1 Å². The van der Waals surface area contributed by atoms with Gasteiger partial charge in [-0.25, -0.2) is 0 Å². The van der Waals surface area contributed by atoms with Crippen LogP contribution in [0.15, 0.2) is 0 Å². The highest BCUT2D eigenvalue weighted by atomic mass is 16.5. The molecule has 1 saturated heterocycles. The fourth-order valence-electron chi connectivity index (χ4n) is 1.73. The maximum Gasteiger partial charge on any atom is 0.220 e. The van der Waals surface area contributed by atoms with Gasteiger partial charge in [0.2, 0.25) is 11.8 Å². The van der Waals surface area contributed by atoms with Crippen molar-refractivity contribution in [3.05, 3.63) is 0 Å². The highest BCUT2D eigenvalue weighted by Crippen LogP contribution is 2.08. The third-order valence-corrected chi connectivity index (χ3v) is 3.04. The van der Waals surface area contributed by atoms with Gasteiger partial charge < -0.3 is 15.8 Å². The van der Waals surface area contributed by atoms with Gasteiger partial charge in [0.1, 0.15) is 6.61 Å². The topological polar surface area (TPSA) is 98.5 Å². The van der Waals surface area contributed by atoms with Crippen molar-refractivity contribution in [3.8, 4) is 0 Å². The monoisotopic (exact) mass is 256 g/mol. The molecule has 2 atom stereocenters. The molecule has 0 aliphatic carbocycles. The fraction of sp³-hybridized carbons (Fsp3) is 0.750. The summed E-state index contributed by atoms with van der Waals surface area (Å²) in [5.41, 5.74) is 5.11. The molecule has 2 amide bonds. The molecule has 1 aliphatic rings. The van der Waals surface area contributed by atoms with Crippen LogP contribution >= 0.6 is 0 Å². The summed E-state index contributed by atoms with van der Waals surface area (Å²) in [6, 6.07) is -0.455. The van der Waals surface area contributed by atoms with Crippen LogP contribution in [0.1, 0.15) is 32.6 Å². The van der Waals surface area contributed by atoms with Crippen molar-refractivity contribution in [2.45, 2.75) is 38.6 Å². The molecule has 0 saturated carbocycles. The van der Waals surface area contributed by atoms with Gasteiger partial charge >= 0.3 is 0 Å². The second-order valence-corrected chi connectivity index (χ2v) is 4.62. The third-order valence-electron chi connectivity index (χ3n) is 3.04. The molecule has 6 nitrogen and oxygen atoms in total. The van der Waals surface area contributed by atoms with Gasteiger partial charge in [-0.15, -0.1) is 0 Å². The Hall–Kier alpha value is -1.43. The van der Waals surface area contributed by atoms with Gasteiger partial charge in [0.05, 0.1) is 6.04 Å². The number of hydrogen-bond donors (Lipinski definition) is 2. The van der Waals surface area contributed by atoms with Crippen LogP contribution in [0.2, 0.25) is 0 Å². The van der Waals surface area contributed by atoms with E-state index in [1.54, 1.807) is 6.92 Å². The van der Waals surface area contributed by atoms with Crippen molar-refractivity contribution in [2.75, 3.05) is 13.2 Å². The van der Waals surface area contributed by atoms with Crippen molar-refractivity contribution >= 4 is 17.6 Å². The summed E-state index contributed by atoms with van der Waals surface area (Å²) in [4.78, 5) is 34.0. The number of carbonyl (C=O) groups is 3. The van der Waals surface area contributed by atoms with E-state index < -0.39 is 11.9 Å². The molecule has 0 radical (unpaired) electrons. The maximum atomic E-state index is 11.6. The number of ketones is 1. The standard InChI is InChI=1S/C12H20N2O4/c1-8(12(13)17)4-5-11(16)14-9-3-2-6-18-7-10(9)15/h8-9H,2-7H2,1H3,(H2,13,17)(H,14,16)/t8-,9-/m0/s1. The Bertz CT molecular complexity index is 330. The van der Waals surface area contributed by atoms with Crippen LogP contribution in [0.5, 0.6) is 0 Å². The SMILES string of the molecule is C[C@@H](CCC(=O)N[C@H]1CCCOCC1=O)C(N)=O. The van der Waals surface area contributed by atoms with Crippen LogP contribution in [-0.2, 0) is 19.1 Å². The molecule has 0 aromatic heterocycles. The Balaban J connectivity index is 2.34.